The first-order valence-corrected chi connectivity index (χ1v) is 5.69. The van der Waals surface area contributed by atoms with Gasteiger partial charge < -0.3 is 10.1 Å². The summed E-state index contributed by atoms with van der Waals surface area (Å²) in [7, 11) is 0. The van der Waals surface area contributed by atoms with Gasteiger partial charge in [-0.25, -0.2) is 0 Å². The molecule has 0 unspecified atom stereocenters. The first-order valence-electron chi connectivity index (χ1n) is 4.57. The minimum atomic E-state index is 0.00691. The fourth-order valence-corrected chi connectivity index (χ4v) is 0.929. The number of hydrogen-bond acceptors (Lipinski definition) is 2. The van der Waals surface area contributed by atoms with Gasteiger partial charge in [0.2, 0.25) is 5.91 Å². The number of hydrogen-bond donors (Lipinski definition) is 1. The third-order valence-electron chi connectivity index (χ3n) is 1.53. The molecule has 4 heteroatoms. The van der Waals surface area contributed by atoms with Gasteiger partial charge in [0.1, 0.15) is 0 Å². The molecular weight excluding hydrogens is 234 g/mol. The fraction of sp³-hybridized carbons (Fsp3) is 0.889. The Balaban J connectivity index is 3.04. The van der Waals surface area contributed by atoms with E-state index in [4.69, 9.17) is 4.74 Å². The normalized spacial score (nSPS) is 10.5. The zero-order valence-corrected chi connectivity index (χ0v) is 9.89. The van der Waals surface area contributed by atoms with E-state index in [0.717, 1.165) is 13.0 Å². The highest BCUT2D eigenvalue weighted by Crippen LogP contribution is 1.98. The SMILES string of the molecule is CC(C)CCOCCNC(=O)CBr. The minimum absolute atomic E-state index is 0.00691. The van der Waals surface area contributed by atoms with Gasteiger partial charge in [-0.3, -0.25) is 4.79 Å². The molecule has 0 bridgehead atoms. The smallest absolute Gasteiger partial charge is 0.230 e. The van der Waals surface area contributed by atoms with Crippen molar-refractivity contribution in [3.05, 3.63) is 0 Å². The van der Waals surface area contributed by atoms with E-state index in [2.05, 4.69) is 35.1 Å². The summed E-state index contributed by atoms with van der Waals surface area (Å²) in [5.41, 5.74) is 0. The van der Waals surface area contributed by atoms with Crippen LogP contribution in [0.1, 0.15) is 20.3 Å². The second-order valence-electron chi connectivity index (χ2n) is 3.28. The maximum Gasteiger partial charge on any atom is 0.230 e. The Bertz CT molecular complexity index is 140. The summed E-state index contributed by atoms with van der Waals surface area (Å²) in [6.45, 7) is 6.31. The Morgan fingerprint density at radius 1 is 1.46 bits per heavy atom. The van der Waals surface area contributed by atoms with Crippen LogP contribution in [0.4, 0.5) is 0 Å². The molecular formula is C9H18BrNO2. The van der Waals surface area contributed by atoms with Crippen molar-refractivity contribution >= 4 is 21.8 Å². The van der Waals surface area contributed by atoms with E-state index in [-0.39, 0.29) is 5.91 Å². The number of halogens is 1. The highest BCUT2D eigenvalue weighted by atomic mass is 79.9. The maximum atomic E-state index is 10.7. The van der Waals surface area contributed by atoms with Gasteiger partial charge >= 0.3 is 0 Å². The molecule has 0 rings (SSSR count). The third-order valence-corrected chi connectivity index (χ3v) is 2.04. The van der Waals surface area contributed by atoms with E-state index in [1.807, 2.05) is 0 Å². The number of rotatable bonds is 7. The third kappa shape index (κ3) is 9.83. The van der Waals surface area contributed by atoms with E-state index < -0.39 is 0 Å². The molecule has 0 spiro atoms. The first-order chi connectivity index (χ1) is 6.16. The summed E-state index contributed by atoms with van der Waals surface area (Å²) >= 11 is 3.06. The van der Waals surface area contributed by atoms with Crippen LogP contribution < -0.4 is 5.32 Å². The van der Waals surface area contributed by atoms with Crippen LogP contribution in [0.15, 0.2) is 0 Å². The van der Waals surface area contributed by atoms with Gasteiger partial charge in [-0.2, -0.15) is 0 Å². The Labute approximate surface area is 88.4 Å². The van der Waals surface area contributed by atoms with Gasteiger partial charge in [0, 0.05) is 13.2 Å². The van der Waals surface area contributed by atoms with Crippen LogP contribution in [-0.2, 0) is 9.53 Å². The Hall–Kier alpha value is -0.0900. The van der Waals surface area contributed by atoms with E-state index in [1.165, 1.54) is 0 Å². The number of ether oxygens (including phenoxy) is 1. The van der Waals surface area contributed by atoms with Crippen molar-refractivity contribution in [2.24, 2.45) is 5.92 Å². The molecule has 0 saturated carbocycles. The monoisotopic (exact) mass is 251 g/mol. The van der Waals surface area contributed by atoms with Crippen LogP contribution in [-0.4, -0.2) is 31.0 Å². The Morgan fingerprint density at radius 2 is 2.15 bits per heavy atom. The van der Waals surface area contributed by atoms with Crippen molar-refractivity contribution in [3.8, 4) is 0 Å². The van der Waals surface area contributed by atoms with Crippen molar-refractivity contribution in [1.82, 2.24) is 5.32 Å². The van der Waals surface area contributed by atoms with Crippen molar-refractivity contribution in [2.75, 3.05) is 25.1 Å². The molecule has 0 atom stereocenters. The van der Waals surface area contributed by atoms with Crippen LogP contribution in [0.5, 0.6) is 0 Å². The fourth-order valence-electron chi connectivity index (χ4n) is 0.731. The van der Waals surface area contributed by atoms with E-state index >= 15 is 0 Å². The summed E-state index contributed by atoms with van der Waals surface area (Å²) < 4.78 is 5.31. The zero-order chi connectivity index (χ0) is 10.1. The first kappa shape index (κ1) is 12.9. The second-order valence-corrected chi connectivity index (χ2v) is 3.84. The quantitative estimate of drug-likeness (QED) is 0.551. The molecule has 0 aromatic rings. The topological polar surface area (TPSA) is 38.3 Å². The van der Waals surface area contributed by atoms with Crippen molar-refractivity contribution < 1.29 is 9.53 Å². The van der Waals surface area contributed by atoms with Gasteiger partial charge in [0.15, 0.2) is 0 Å². The lowest BCUT2D eigenvalue weighted by Gasteiger charge is -2.06. The average molecular weight is 252 g/mol. The number of carbonyl (C=O) groups is 1. The molecule has 0 aliphatic carbocycles. The predicted molar refractivity (Wildman–Crippen MR) is 57.1 cm³/mol. The van der Waals surface area contributed by atoms with Gasteiger partial charge in [-0.1, -0.05) is 29.8 Å². The van der Waals surface area contributed by atoms with E-state index in [9.17, 15) is 4.79 Å². The molecule has 0 radical (unpaired) electrons. The number of alkyl halides is 1. The lowest BCUT2D eigenvalue weighted by molar-refractivity contribution is -0.118. The summed E-state index contributed by atoms with van der Waals surface area (Å²) in [6, 6.07) is 0. The van der Waals surface area contributed by atoms with E-state index in [1.54, 1.807) is 0 Å². The lowest BCUT2D eigenvalue weighted by Crippen LogP contribution is -2.28. The summed E-state index contributed by atoms with van der Waals surface area (Å²) in [4.78, 5) is 10.7. The molecule has 3 nitrogen and oxygen atoms in total. The standard InChI is InChI=1S/C9H18BrNO2/c1-8(2)3-5-13-6-4-11-9(12)7-10/h8H,3-7H2,1-2H3,(H,11,12). The molecule has 0 heterocycles. The number of amides is 1. The van der Waals surface area contributed by atoms with E-state index in [0.29, 0.717) is 24.4 Å². The molecule has 1 N–H and O–H groups in total. The highest BCUT2D eigenvalue weighted by Gasteiger charge is 1.96. The zero-order valence-electron chi connectivity index (χ0n) is 8.31. The largest absolute Gasteiger partial charge is 0.380 e. The molecule has 0 aliphatic heterocycles. The van der Waals surface area contributed by atoms with Crippen LogP contribution in [0, 0.1) is 5.92 Å². The molecule has 78 valence electrons. The molecule has 0 fully saturated rings. The van der Waals surface area contributed by atoms with Crippen LogP contribution >= 0.6 is 15.9 Å². The molecule has 0 saturated heterocycles. The lowest BCUT2D eigenvalue weighted by atomic mass is 10.1. The van der Waals surface area contributed by atoms with Gasteiger partial charge in [-0.15, -0.1) is 0 Å². The average Bonchev–Trinajstić information content (AvgIpc) is 2.10. The van der Waals surface area contributed by atoms with Crippen LogP contribution in [0.3, 0.4) is 0 Å². The second kappa shape index (κ2) is 8.51. The molecule has 0 aromatic carbocycles. The Morgan fingerprint density at radius 3 is 2.69 bits per heavy atom. The van der Waals surface area contributed by atoms with Crippen molar-refractivity contribution in [2.45, 2.75) is 20.3 Å². The number of carbonyl (C=O) groups excluding carboxylic acids is 1. The summed E-state index contributed by atoms with van der Waals surface area (Å²) in [6.07, 6.45) is 1.08. The number of nitrogens with one attached hydrogen (secondary N) is 1. The Kier molecular flexibility index (Phi) is 8.45. The maximum absolute atomic E-state index is 10.7. The highest BCUT2D eigenvalue weighted by molar-refractivity contribution is 9.09. The molecule has 0 aromatic heterocycles. The minimum Gasteiger partial charge on any atom is -0.380 e. The summed E-state index contributed by atoms with van der Waals surface area (Å²) in [5, 5.41) is 3.07. The molecule has 0 aliphatic rings. The summed E-state index contributed by atoms with van der Waals surface area (Å²) in [5.74, 6) is 0.685. The predicted octanol–water partition coefficient (Wildman–Crippen LogP) is 1.56. The van der Waals surface area contributed by atoms with Crippen LogP contribution in [0.2, 0.25) is 0 Å². The molecule has 1 amide bonds. The van der Waals surface area contributed by atoms with Gasteiger partial charge in [-0.05, 0) is 12.3 Å². The van der Waals surface area contributed by atoms with Gasteiger partial charge in [0.25, 0.3) is 0 Å². The van der Waals surface area contributed by atoms with Crippen LogP contribution in [0.25, 0.3) is 0 Å². The van der Waals surface area contributed by atoms with Gasteiger partial charge in [0.05, 0.1) is 11.9 Å². The molecule has 13 heavy (non-hydrogen) atoms. The van der Waals surface area contributed by atoms with Crippen molar-refractivity contribution in [1.29, 1.82) is 0 Å². The van der Waals surface area contributed by atoms with Crippen molar-refractivity contribution in [3.63, 3.8) is 0 Å².